The first kappa shape index (κ1) is 59.4. The zero-order valence-corrected chi connectivity index (χ0v) is 49.5. The van der Waals surface area contributed by atoms with Crippen molar-refractivity contribution in [1.29, 1.82) is 0 Å². The van der Waals surface area contributed by atoms with E-state index in [0.29, 0.717) is 64.2 Å². The molecule has 0 aromatic rings. The van der Waals surface area contributed by atoms with E-state index in [-0.39, 0.29) is 17.5 Å². The molecule has 1 saturated carbocycles. The standard InChI is InChI=1S/C58H101N5O10/c1-49(2)24-34(25-50(3,4)59-49)69-44(64)39-23-40(45(65)70-37-30-55(13,14)62(21)56(15,16)31-37)42(47(67)72-36-28-53(9,10)61-54(11,12)29-36)43(48(68)73-38-32-57(17,18)63(22)58(19,20)33-38)41(39)46(66)71-35-26-51(5,6)60-52(7,8)27-35/h34-43,59-61H,23-33H2,1-22H3. The lowest BCUT2D eigenvalue weighted by Gasteiger charge is -2.53. The number of ether oxygens (including phenoxy) is 5. The number of carbonyl (C=O) groups excluding carboxylic acids is 5. The average molecular weight is 1030 g/mol. The number of likely N-dealkylation sites (tertiary alicyclic amines) is 2. The molecule has 15 nitrogen and oxygen atoms in total. The van der Waals surface area contributed by atoms with Gasteiger partial charge < -0.3 is 39.6 Å². The van der Waals surface area contributed by atoms with Crippen molar-refractivity contribution in [3.05, 3.63) is 0 Å². The summed E-state index contributed by atoms with van der Waals surface area (Å²) in [5.74, 6) is -11.5. The number of hydrogen-bond donors (Lipinski definition) is 3. The Morgan fingerprint density at radius 3 is 0.740 bits per heavy atom. The Balaban J connectivity index is 1.52. The van der Waals surface area contributed by atoms with Crippen molar-refractivity contribution in [3.63, 3.8) is 0 Å². The van der Waals surface area contributed by atoms with Gasteiger partial charge in [0, 0.05) is 120 Å². The Kier molecular flexibility index (Phi) is 16.2. The van der Waals surface area contributed by atoms with Crippen LogP contribution in [0.25, 0.3) is 0 Å². The Hall–Kier alpha value is -2.85. The Bertz CT molecular complexity index is 2010. The highest BCUT2D eigenvalue weighted by molar-refractivity contribution is 5.94. The van der Waals surface area contributed by atoms with Crippen molar-refractivity contribution in [3.8, 4) is 0 Å². The van der Waals surface area contributed by atoms with Crippen molar-refractivity contribution in [2.45, 2.75) is 295 Å². The van der Waals surface area contributed by atoms with Crippen LogP contribution in [-0.2, 0) is 47.7 Å². The molecule has 0 aromatic carbocycles. The molecule has 418 valence electrons. The summed E-state index contributed by atoms with van der Waals surface area (Å²) in [5, 5.41) is 11.0. The minimum absolute atomic E-state index is 0.307. The summed E-state index contributed by atoms with van der Waals surface area (Å²) >= 11 is 0. The van der Waals surface area contributed by atoms with Gasteiger partial charge in [-0.15, -0.1) is 0 Å². The quantitative estimate of drug-likeness (QED) is 0.140. The molecule has 0 spiro atoms. The third-order valence-corrected chi connectivity index (χ3v) is 18.0. The highest BCUT2D eigenvalue weighted by Crippen LogP contribution is 2.50. The predicted octanol–water partition coefficient (Wildman–Crippen LogP) is 8.42. The molecule has 5 saturated heterocycles. The summed E-state index contributed by atoms with van der Waals surface area (Å²) in [6, 6.07) is 0. The van der Waals surface area contributed by atoms with Gasteiger partial charge in [0.05, 0.1) is 29.6 Å². The van der Waals surface area contributed by atoms with Crippen LogP contribution in [0.2, 0.25) is 0 Å². The van der Waals surface area contributed by atoms with Crippen molar-refractivity contribution < 1.29 is 47.7 Å². The Labute approximate surface area is 440 Å². The van der Waals surface area contributed by atoms with E-state index in [9.17, 15) is 0 Å². The molecule has 5 heterocycles. The Morgan fingerprint density at radius 2 is 0.507 bits per heavy atom. The lowest BCUT2D eigenvalue weighted by atomic mass is 9.61. The highest BCUT2D eigenvalue weighted by atomic mass is 16.6. The summed E-state index contributed by atoms with van der Waals surface area (Å²) in [6.45, 7) is 41.6. The maximum Gasteiger partial charge on any atom is 0.311 e. The van der Waals surface area contributed by atoms with Gasteiger partial charge in [-0.1, -0.05) is 0 Å². The van der Waals surface area contributed by atoms with Gasteiger partial charge in [-0.25, -0.2) is 0 Å². The third-order valence-electron chi connectivity index (χ3n) is 18.0. The van der Waals surface area contributed by atoms with E-state index < -0.39 is 134 Å². The zero-order chi connectivity index (χ0) is 55.2. The summed E-state index contributed by atoms with van der Waals surface area (Å²) in [6.07, 6.45) is 1.54. The van der Waals surface area contributed by atoms with Crippen LogP contribution in [-0.4, -0.2) is 140 Å². The van der Waals surface area contributed by atoms with E-state index in [1.807, 2.05) is 0 Å². The van der Waals surface area contributed by atoms with Gasteiger partial charge in [0.1, 0.15) is 30.5 Å². The fourth-order valence-corrected chi connectivity index (χ4v) is 15.6. The fraction of sp³-hybridized carbons (Fsp3) is 0.914. The number of carbonyl (C=O) groups is 5. The van der Waals surface area contributed by atoms with Crippen LogP contribution in [0, 0.1) is 29.6 Å². The molecule has 73 heavy (non-hydrogen) atoms. The molecule has 0 radical (unpaired) electrons. The molecular formula is C58H101N5O10. The highest BCUT2D eigenvalue weighted by Gasteiger charge is 2.62. The van der Waals surface area contributed by atoms with E-state index in [2.05, 4.69) is 178 Å². The molecule has 1 aliphatic carbocycles. The number of piperidine rings is 5. The van der Waals surface area contributed by atoms with E-state index in [0.717, 1.165) is 0 Å². The van der Waals surface area contributed by atoms with Crippen LogP contribution < -0.4 is 16.0 Å². The van der Waals surface area contributed by atoms with Gasteiger partial charge in [0.2, 0.25) is 0 Å². The van der Waals surface area contributed by atoms with Gasteiger partial charge in [0.15, 0.2) is 0 Å². The van der Waals surface area contributed by atoms with Crippen LogP contribution in [0.4, 0.5) is 0 Å². The van der Waals surface area contributed by atoms with Crippen LogP contribution in [0.15, 0.2) is 0 Å². The minimum atomic E-state index is -1.67. The van der Waals surface area contributed by atoms with E-state index in [1.54, 1.807) is 0 Å². The van der Waals surface area contributed by atoms with Crippen molar-refractivity contribution >= 4 is 29.8 Å². The first-order valence-corrected chi connectivity index (χ1v) is 27.7. The molecule has 5 unspecified atom stereocenters. The van der Waals surface area contributed by atoms with Crippen molar-refractivity contribution in [2.24, 2.45) is 29.6 Å². The molecule has 0 aromatic heterocycles. The second kappa shape index (κ2) is 19.9. The van der Waals surface area contributed by atoms with Crippen molar-refractivity contribution in [2.75, 3.05) is 14.1 Å². The van der Waals surface area contributed by atoms with Gasteiger partial charge in [-0.3, -0.25) is 33.8 Å². The van der Waals surface area contributed by atoms with Crippen LogP contribution in [0.1, 0.15) is 209 Å². The van der Waals surface area contributed by atoms with E-state index in [1.165, 1.54) is 0 Å². The molecular weight excluding hydrogens is 927 g/mol. The lowest BCUT2D eigenvalue weighted by molar-refractivity contribution is -0.200. The average Bonchev–Trinajstić information content (AvgIpc) is 3.13. The molecule has 3 N–H and O–H groups in total. The number of nitrogens with zero attached hydrogens (tertiary/aromatic N) is 2. The largest absolute Gasteiger partial charge is 0.462 e. The normalized spacial score (nSPS) is 33.2. The summed E-state index contributed by atoms with van der Waals surface area (Å²) in [5.41, 5.74) is -4.01. The second-order valence-electron chi connectivity index (χ2n) is 30.4. The van der Waals surface area contributed by atoms with E-state index >= 15 is 24.0 Å². The maximum atomic E-state index is 15.9. The number of esters is 5. The fourth-order valence-electron chi connectivity index (χ4n) is 15.6. The Morgan fingerprint density at radius 1 is 0.315 bits per heavy atom. The predicted molar refractivity (Wildman–Crippen MR) is 283 cm³/mol. The molecule has 6 fully saturated rings. The van der Waals surface area contributed by atoms with Gasteiger partial charge in [0.25, 0.3) is 0 Å². The van der Waals surface area contributed by atoms with Crippen LogP contribution >= 0.6 is 0 Å². The minimum Gasteiger partial charge on any atom is -0.462 e. The monoisotopic (exact) mass is 1030 g/mol. The topological polar surface area (TPSA) is 174 Å². The second-order valence-corrected chi connectivity index (χ2v) is 30.4. The summed E-state index contributed by atoms with van der Waals surface area (Å²) < 4.78 is 33.0. The number of nitrogens with one attached hydrogen (secondary N) is 3. The molecule has 0 amide bonds. The van der Waals surface area contributed by atoms with Crippen LogP contribution in [0.3, 0.4) is 0 Å². The molecule has 5 atom stereocenters. The molecule has 15 heteroatoms. The lowest BCUT2D eigenvalue weighted by Crippen LogP contribution is -2.62. The smallest absolute Gasteiger partial charge is 0.311 e. The molecule has 6 rings (SSSR count). The SMILES string of the molecule is CN1C(C)(C)CC(OC(=O)C2CC(C(=O)OC3CC(C)(C)NC(C)(C)C3)C(C(=O)OC3CC(C)(C)NC(C)(C)C3)C(C(=O)OC3CC(C)(C)N(C)C(C)(C)C3)C2C(=O)OC2CC(C)(C)NC(C)(C)C2)CC1(C)C. The van der Waals surface area contributed by atoms with E-state index in [4.69, 9.17) is 23.7 Å². The summed E-state index contributed by atoms with van der Waals surface area (Å²) in [4.78, 5) is 82.9. The number of hydrogen-bond acceptors (Lipinski definition) is 15. The van der Waals surface area contributed by atoms with Crippen molar-refractivity contribution in [1.82, 2.24) is 25.8 Å². The van der Waals surface area contributed by atoms with Crippen LogP contribution in [0.5, 0.6) is 0 Å². The molecule has 0 bridgehead atoms. The van der Waals surface area contributed by atoms with Gasteiger partial charge in [-0.05, 0) is 159 Å². The molecule has 6 aliphatic rings. The molecule has 5 aliphatic heterocycles. The first-order chi connectivity index (χ1) is 32.8. The zero-order valence-electron chi connectivity index (χ0n) is 49.5. The third kappa shape index (κ3) is 14.0. The maximum absolute atomic E-state index is 15.9. The number of rotatable bonds is 10. The van der Waals surface area contributed by atoms with Gasteiger partial charge >= 0.3 is 29.8 Å². The van der Waals surface area contributed by atoms with Gasteiger partial charge in [-0.2, -0.15) is 0 Å². The first-order valence-electron chi connectivity index (χ1n) is 27.7. The summed E-state index contributed by atoms with van der Waals surface area (Å²) in [7, 11) is 4.14.